The standard InChI is InChI=1S/C27H33N5O5/c1-18(28)31-15-12-23(13-16-31)37-22-7-5-21(6-8-22)32(25(34)10-11-26(35)36)14-2-3-19-17-20(27(29)30)4-9-24(19)33/h2-9,17,23,28,33H,10-16H2,1H3,(H3,29,30)(H,35,36). The van der Waals surface area contributed by atoms with Crippen molar-refractivity contribution in [2.75, 3.05) is 24.5 Å². The van der Waals surface area contributed by atoms with Crippen LogP contribution in [-0.4, -0.2) is 64.4 Å². The summed E-state index contributed by atoms with van der Waals surface area (Å²) in [5, 5.41) is 34.5. The molecule has 1 aliphatic heterocycles. The average Bonchev–Trinajstić information content (AvgIpc) is 2.87. The number of nitrogen functional groups attached to an aromatic ring is 1. The number of amidine groups is 2. The van der Waals surface area contributed by atoms with Crippen LogP contribution in [0.4, 0.5) is 5.69 Å². The van der Waals surface area contributed by atoms with Gasteiger partial charge in [-0.15, -0.1) is 0 Å². The number of nitrogens with two attached hydrogens (primary N) is 1. The third kappa shape index (κ3) is 7.83. The fourth-order valence-corrected chi connectivity index (χ4v) is 4.05. The van der Waals surface area contributed by atoms with Crippen LogP contribution >= 0.6 is 0 Å². The Balaban J connectivity index is 1.71. The van der Waals surface area contributed by atoms with Crippen LogP contribution in [-0.2, 0) is 9.59 Å². The molecule has 37 heavy (non-hydrogen) atoms. The van der Waals surface area contributed by atoms with Crippen molar-refractivity contribution in [3.8, 4) is 11.5 Å². The Morgan fingerprint density at radius 3 is 2.41 bits per heavy atom. The van der Waals surface area contributed by atoms with Crippen molar-refractivity contribution in [3.05, 3.63) is 59.7 Å². The maximum atomic E-state index is 12.9. The quantitative estimate of drug-likeness (QED) is 0.243. The monoisotopic (exact) mass is 507 g/mol. The summed E-state index contributed by atoms with van der Waals surface area (Å²) in [4.78, 5) is 27.4. The van der Waals surface area contributed by atoms with Gasteiger partial charge in [0.15, 0.2) is 0 Å². The summed E-state index contributed by atoms with van der Waals surface area (Å²) in [5.41, 5.74) is 7.02. The molecule has 2 aromatic carbocycles. The minimum absolute atomic E-state index is 0.00751. The van der Waals surface area contributed by atoms with Crippen molar-refractivity contribution in [1.82, 2.24) is 4.90 Å². The number of nitrogens with one attached hydrogen (secondary N) is 2. The number of carboxylic acids is 1. The lowest BCUT2D eigenvalue weighted by molar-refractivity contribution is -0.138. The molecule has 0 aliphatic carbocycles. The molecule has 1 amide bonds. The molecule has 1 heterocycles. The number of hydrogen-bond acceptors (Lipinski definition) is 6. The van der Waals surface area contributed by atoms with Crippen molar-refractivity contribution < 1.29 is 24.5 Å². The zero-order valence-electron chi connectivity index (χ0n) is 20.8. The van der Waals surface area contributed by atoms with Crippen molar-refractivity contribution in [2.45, 2.75) is 38.7 Å². The number of carbonyl (C=O) groups is 2. The largest absolute Gasteiger partial charge is 0.507 e. The lowest BCUT2D eigenvalue weighted by atomic mass is 10.1. The predicted molar refractivity (Wildman–Crippen MR) is 142 cm³/mol. The third-order valence-corrected chi connectivity index (χ3v) is 6.15. The molecule has 196 valence electrons. The van der Waals surface area contributed by atoms with E-state index in [-0.39, 0.29) is 43.0 Å². The SMILES string of the molecule is CC(=N)N1CCC(Oc2ccc(N(CC=Cc3cc(C(=N)N)ccc3O)C(=O)CCC(=O)O)cc2)CC1. The number of phenolic OH excluding ortho intramolecular Hbond substituents is 1. The van der Waals surface area contributed by atoms with Crippen molar-refractivity contribution in [3.63, 3.8) is 0 Å². The number of nitrogens with zero attached hydrogens (tertiary/aromatic N) is 2. The first-order valence-corrected chi connectivity index (χ1v) is 12.1. The van der Waals surface area contributed by atoms with Crippen LogP contribution in [0.1, 0.15) is 43.7 Å². The number of aliphatic carboxylic acids is 1. The molecule has 3 rings (SSSR count). The van der Waals surface area contributed by atoms with Gasteiger partial charge in [-0.3, -0.25) is 20.4 Å². The molecule has 0 atom stereocenters. The number of phenols is 1. The molecule has 10 nitrogen and oxygen atoms in total. The molecule has 0 radical (unpaired) electrons. The van der Waals surface area contributed by atoms with Gasteiger partial charge >= 0.3 is 5.97 Å². The van der Waals surface area contributed by atoms with Gasteiger partial charge in [0.2, 0.25) is 5.91 Å². The molecule has 0 bridgehead atoms. The van der Waals surface area contributed by atoms with Crippen LogP contribution < -0.4 is 15.4 Å². The molecular weight excluding hydrogens is 474 g/mol. The summed E-state index contributed by atoms with van der Waals surface area (Å²) >= 11 is 0. The van der Waals surface area contributed by atoms with Gasteiger partial charge in [0.1, 0.15) is 23.4 Å². The summed E-state index contributed by atoms with van der Waals surface area (Å²) in [6.07, 6.45) is 4.56. The second-order valence-electron chi connectivity index (χ2n) is 8.87. The van der Waals surface area contributed by atoms with E-state index in [0.717, 1.165) is 25.9 Å². The van der Waals surface area contributed by atoms with Crippen molar-refractivity contribution >= 4 is 35.3 Å². The third-order valence-electron chi connectivity index (χ3n) is 6.15. The smallest absolute Gasteiger partial charge is 0.303 e. The van der Waals surface area contributed by atoms with Gasteiger partial charge in [-0.1, -0.05) is 12.2 Å². The number of piperidine rings is 1. The Bertz CT molecular complexity index is 1170. The fourth-order valence-electron chi connectivity index (χ4n) is 4.05. The van der Waals surface area contributed by atoms with Crippen LogP contribution in [0.3, 0.4) is 0 Å². The molecule has 1 fully saturated rings. The Hall–Kier alpha value is -4.34. The van der Waals surface area contributed by atoms with Gasteiger partial charge in [0.25, 0.3) is 0 Å². The van der Waals surface area contributed by atoms with E-state index in [9.17, 15) is 14.7 Å². The van der Waals surface area contributed by atoms with E-state index in [1.165, 1.54) is 11.0 Å². The first-order valence-electron chi connectivity index (χ1n) is 12.1. The average molecular weight is 508 g/mol. The number of benzene rings is 2. The predicted octanol–water partition coefficient (Wildman–Crippen LogP) is 3.43. The molecule has 0 saturated carbocycles. The first-order chi connectivity index (χ1) is 17.6. The number of carbonyl (C=O) groups excluding carboxylic acids is 1. The van der Waals surface area contributed by atoms with Gasteiger partial charge < -0.3 is 30.5 Å². The molecule has 2 aromatic rings. The van der Waals surface area contributed by atoms with Crippen LogP contribution in [0, 0.1) is 10.8 Å². The van der Waals surface area contributed by atoms with E-state index in [1.54, 1.807) is 55.5 Å². The highest BCUT2D eigenvalue weighted by Crippen LogP contribution is 2.25. The second kappa shape index (κ2) is 12.6. The van der Waals surface area contributed by atoms with E-state index in [4.69, 9.17) is 26.4 Å². The number of hydrogen-bond donors (Lipinski definition) is 5. The minimum atomic E-state index is -1.05. The minimum Gasteiger partial charge on any atom is -0.507 e. The summed E-state index contributed by atoms with van der Waals surface area (Å²) in [7, 11) is 0. The second-order valence-corrected chi connectivity index (χ2v) is 8.87. The van der Waals surface area contributed by atoms with Gasteiger partial charge in [0.05, 0.1) is 12.3 Å². The van der Waals surface area contributed by atoms with Crippen molar-refractivity contribution in [2.24, 2.45) is 5.73 Å². The zero-order valence-corrected chi connectivity index (χ0v) is 20.8. The number of likely N-dealkylation sites (tertiary alicyclic amines) is 1. The maximum Gasteiger partial charge on any atom is 0.303 e. The van der Waals surface area contributed by atoms with E-state index >= 15 is 0 Å². The fraction of sp³-hybridized carbons (Fsp3) is 0.333. The van der Waals surface area contributed by atoms with E-state index in [0.29, 0.717) is 28.4 Å². The number of ether oxygens (including phenoxy) is 1. The maximum absolute atomic E-state index is 12.9. The first kappa shape index (κ1) is 27.3. The molecule has 6 N–H and O–H groups in total. The Labute approximate surface area is 216 Å². The van der Waals surface area contributed by atoms with Crippen LogP contribution in [0.2, 0.25) is 0 Å². The van der Waals surface area contributed by atoms with Gasteiger partial charge in [-0.25, -0.2) is 0 Å². The Kier molecular flexibility index (Phi) is 9.26. The Morgan fingerprint density at radius 1 is 1.14 bits per heavy atom. The van der Waals surface area contributed by atoms with Crippen LogP contribution in [0.25, 0.3) is 6.08 Å². The lowest BCUT2D eigenvalue weighted by Crippen LogP contribution is -2.40. The highest BCUT2D eigenvalue weighted by Gasteiger charge is 2.21. The van der Waals surface area contributed by atoms with Gasteiger partial charge in [-0.2, -0.15) is 0 Å². The summed E-state index contributed by atoms with van der Waals surface area (Å²) in [6.45, 7) is 3.48. The molecule has 1 aliphatic rings. The van der Waals surface area contributed by atoms with E-state index < -0.39 is 5.97 Å². The van der Waals surface area contributed by atoms with E-state index in [1.807, 2.05) is 4.90 Å². The van der Waals surface area contributed by atoms with Gasteiger partial charge in [0, 0.05) is 55.7 Å². The zero-order chi connectivity index (χ0) is 26.9. The number of anilines is 1. The number of carboxylic acid groups (broad SMARTS) is 1. The summed E-state index contributed by atoms with van der Waals surface area (Å²) < 4.78 is 6.09. The number of rotatable bonds is 10. The molecule has 1 saturated heterocycles. The topological polar surface area (TPSA) is 164 Å². The lowest BCUT2D eigenvalue weighted by Gasteiger charge is -2.32. The molecule has 0 aromatic heterocycles. The van der Waals surface area contributed by atoms with E-state index in [2.05, 4.69) is 0 Å². The van der Waals surface area contributed by atoms with Crippen LogP contribution in [0.15, 0.2) is 48.5 Å². The molecule has 0 unspecified atom stereocenters. The molecule has 0 spiro atoms. The molecule has 10 heteroatoms. The highest BCUT2D eigenvalue weighted by atomic mass is 16.5. The highest BCUT2D eigenvalue weighted by molar-refractivity contribution is 5.96. The van der Waals surface area contributed by atoms with Crippen molar-refractivity contribution in [1.29, 1.82) is 10.8 Å². The summed E-state index contributed by atoms with van der Waals surface area (Å²) in [5.74, 6) is -0.287. The number of aromatic hydroxyl groups is 1. The van der Waals surface area contributed by atoms with Crippen LogP contribution in [0.5, 0.6) is 11.5 Å². The number of amides is 1. The normalized spacial score (nSPS) is 13.9. The Morgan fingerprint density at radius 2 is 1.81 bits per heavy atom. The molecular formula is C27H33N5O5. The van der Waals surface area contributed by atoms with Gasteiger partial charge in [-0.05, 0) is 49.4 Å². The summed E-state index contributed by atoms with van der Waals surface area (Å²) in [6, 6.07) is 11.6.